The Kier molecular flexibility index (Phi) is 7.61. The van der Waals surface area contributed by atoms with Crippen LogP contribution in [0, 0.1) is 0 Å². The van der Waals surface area contributed by atoms with E-state index < -0.39 is 18.3 Å². The summed E-state index contributed by atoms with van der Waals surface area (Å²) in [6, 6.07) is 11.4. The number of fused-ring (bicyclic) bond motifs is 1. The number of rotatable bonds is 10. The van der Waals surface area contributed by atoms with E-state index in [9.17, 15) is 22.4 Å². The first-order valence-electron chi connectivity index (χ1n) is 9.16. The van der Waals surface area contributed by atoms with Gasteiger partial charge in [0.25, 0.3) is 5.76 Å². The van der Waals surface area contributed by atoms with Gasteiger partial charge in [0.1, 0.15) is 6.54 Å². The fraction of sp³-hybridized carbons (Fsp3) is 0.300. The minimum absolute atomic E-state index is 0.0512. The average Bonchev–Trinajstić information content (AvgIpc) is 3.04. The smallest absolute Gasteiger partial charge is 0.387 e. The first-order chi connectivity index (χ1) is 14.9. The maximum absolute atomic E-state index is 12.9. The molecule has 1 heterocycles. The number of amides is 1. The quantitative estimate of drug-likeness (QED) is 0.363. The molecular formula is C20H19F4N3O3S. The van der Waals surface area contributed by atoms with E-state index >= 15 is 0 Å². The monoisotopic (exact) mass is 457 g/mol. The molecule has 3 rings (SSSR count). The van der Waals surface area contributed by atoms with E-state index in [4.69, 9.17) is 4.74 Å². The van der Waals surface area contributed by atoms with Crippen molar-refractivity contribution in [1.29, 1.82) is 0 Å². The van der Waals surface area contributed by atoms with Crippen LogP contribution in [-0.4, -0.2) is 41.5 Å². The van der Waals surface area contributed by atoms with E-state index in [0.717, 1.165) is 0 Å². The van der Waals surface area contributed by atoms with Crippen molar-refractivity contribution in [2.45, 2.75) is 30.5 Å². The number of thioether (sulfide) groups is 1. The molecule has 0 radical (unpaired) electrons. The Hall–Kier alpha value is -2.95. The summed E-state index contributed by atoms with van der Waals surface area (Å²) in [5.41, 5.74) is 1.74. The lowest BCUT2D eigenvalue weighted by atomic mass is 10.1. The third-order valence-corrected chi connectivity index (χ3v) is 5.00. The third-order valence-electron chi connectivity index (χ3n) is 4.30. The lowest BCUT2D eigenvalue weighted by molar-refractivity contribution is -0.121. The number of benzene rings is 2. The van der Waals surface area contributed by atoms with E-state index in [1.165, 1.54) is 23.8 Å². The van der Waals surface area contributed by atoms with E-state index in [2.05, 4.69) is 15.0 Å². The Morgan fingerprint density at radius 2 is 1.94 bits per heavy atom. The van der Waals surface area contributed by atoms with Crippen LogP contribution < -0.4 is 14.8 Å². The number of carbonyl (C=O) groups excluding carboxylic acids is 1. The lowest BCUT2D eigenvalue weighted by Gasteiger charge is -2.12. The van der Waals surface area contributed by atoms with Gasteiger partial charge in [-0.1, -0.05) is 18.2 Å². The molecule has 0 unspecified atom stereocenters. The van der Waals surface area contributed by atoms with Gasteiger partial charge in [-0.2, -0.15) is 17.6 Å². The summed E-state index contributed by atoms with van der Waals surface area (Å²) in [4.78, 5) is 16.6. The van der Waals surface area contributed by atoms with Crippen LogP contribution in [-0.2, 0) is 17.8 Å². The molecule has 0 bridgehead atoms. The Labute approximate surface area is 179 Å². The van der Waals surface area contributed by atoms with Crippen molar-refractivity contribution in [3.63, 3.8) is 0 Å². The molecular weight excluding hydrogens is 438 g/mol. The predicted octanol–water partition coefficient (Wildman–Crippen LogP) is 4.32. The molecule has 0 spiro atoms. The molecule has 1 N–H and O–H groups in total. The molecule has 0 atom stereocenters. The van der Waals surface area contributed by atoms with Crippen LogP contribution in [0.25, 0.3) is 11.0 Å². The summed E-state index contributed by atoms with van der Waals surface area (Å²) >= 11 is 0.275. The molecule has 0 saturated carbocycles. The number of alkyl halides is 4. The lowest BCUT2D eigenvalue weighted by Crippen LogP contribution is -2.29. The van der Waals surface area contributed by atoms with Crippen molar-refractivity contribution in [3.05, 3.63) is 48.0 Å². The number of nitrogens with one attached hydrogen (secondary N) is 1. The molecule has 31 heavy (non-hydrogen) atoms. The van der Waals surface area contributed by atoms with Crippen molar-refractivity contribution < 1.29 is 31.8 Å². The second kappa shape index (κ2) is 10.4. The van der Waals surface area contributed by atoms with Gasteiger partial charge < -0.3 is 19.4 Å². The zero-order valence-corrected chi connectivity index (χ0v) is 17.2. The van der Waals surface area contributed by atoms with Gasteiger partial charge in [-0.15, -0.1) is 0 Å². The Morgan fingerprint density at radius 1 is 1.16 bits per heavy atom. The third kappa shape index (κ3) is 6.03. The van der Waals surface area contributed by atoms with E-state index in [-0.39, 0.29) is 41.5 Å². The predicted molar refractivity (Wildman–Crippen MR) is 108 cm³/mol. The fourth-order valence-corrected chi connectivity index (χ4v) is 3.59. The van der Waals surface area contributed by atoms with E-state index in [0.29, 0.717) is 23.0 Å². The molecule has 166 valence electrons. The van der Waals surface area contributed by atoms with Crippen molar-refractivity contribution in [2.24, 2.45) is 0 Å². The largest absolute Gasteiger partial charge is 0.493 e. The van der Waals surface area contributed by atoms with Crippen molar-refractivity contribution in [2.75, 3.05) is 13.7 Å². The Balaban J connectivity index is 1.63. The molecule has 0 saturated heterocycles. The van der Waals surface area contributed by atoms with Crippen LogP contribution in [0.2, 0.25) is 0 Å². The minimum Gasteiger partial charge on any atom is -0.493 e. The van der Waals surface area contributed by atoms with Gasteiger partial charge in [0.15, 0.2) is 16.7 Å². The zero-order chi connectivity index (χ0) is 22.4. The summed E-state index contributed by atoms with van der Waals surface area (Å²) < 4.78 is 61.7. The number of halogens is 4. The van der Waals surface area contributed by atoms with Crippen LogP contribution in [0.1, 0.15) is 5.56 Å². The molecule has 0 aliphatic heterocycles. The van der Waals surface area contributed by atoms with Gasteiger partial charge in [-0.3, -0.25) is 4.79 Å². The van der Waals surface area contributed by atoms with E-state index in [1.807, 2.05) is 0 Å². The Bertz CT molecular complexity index is 1050. The number of carbonyl (C=O) groups is 1. The van der Waals surface area contributed by atoms with Gasteiger partial charge in [0.2, 0.25) is 5.91 Å². The van der Waals surface area contributed by atoms with Gasteiger partial charge in [0.05, 0.1) is 18.1 Å². The minimum atomic E-state index is -2.99. The molecule has 0 aliphatic rings. The fourth-order valence-electron chi connectivity index (χ4n) is 2.99. The van der Waals surface area contributed by atoms with Crippen LogP contribution in [0.15, 0.2) is 47.6 Å². The Morgan fingerprint density at radius 3 is 2.65 bits per heavy atom. The SMILES string of the molecule is COc1ccc(CCNC(=O)Cn2c(SC(F)F)nc3ccccc32)cc1OC(F)F. The highest BCUT2D eigenvalue weighted by Crippen LogP contribution is 2.30. The molecule has 6 nitrogen and oxygen atoms in total. The molecule has 1 aromatic heterocycles. The summed E-state index contributed by atoms with van der Waals surface area (Å²) in [5.74, 6) is -2.99. The molecule has 2 aromatic carbocycles. The van der Waals surface area contributed by atoms with Gasteiger partial charge in [-0.25, -0.2) is 4.98 Å². The number of aromatic nitrogens is 2. The number of ether oxygens (including phenoxy) is 2. The maximum Gasteiger partial charge on any atom is 0.387 e. The van der Waals surface area contributed by atoms with Crippen molar-refractivity contribution in [1.82, 2.24) is 14.9 Å². The molecule has 1 amide bonds. The molecule has 0 fully saturated rings. The number of hydrogen-bond acceptors (Lipinski definition) is 5. The van der Waals surface area contributed by atoms with Gasteiger partial charge >= 0.3 is 6.61 Å². The second-order valence-corrected chi connectivity index (χ2v) is 7.27. The number of para-hydroxylation sites is 2. The van der Waals surface area contributed by atoms with Crippen LogP contribution >= 0.6 is 11.8 Å². The van der Waals surface area contributed by atoms with Crippen LogP contribution in [0.4, 0.5) is 17.6 Å². The van der Waals surface area contributed by atoms with Crippen molar-refractivity contribution >= 4 is 28.7 Å². The summed E-state index contributed by atoms with van der Waals surface area (Å²) in [6.45, 7) is -2.96. The highest BCUT2D eigenvalue weighted by atomic mass is 32.2. The number of nitrogens with zero attached hydrogens (tertiary/aromatic N) is 2. The topological polar surface area (TPSA) is 65.4 Å². The molecule has 3 aromatic rings. The highest BCUT2D eigenvalue weighted by Gasteiger charge is 2.18. The van der Waals surface area contributed by atoms with Crippen LogP contribution in [0.3, 0.4) is 0 Å². The molecule has 11 heteroatoms. The second-order valence-electron chi connectivity index (χ2n) is 6.31. The number of hydrogen-bond donors (Lipinski definition) is 1. The first-order valence-corrected chi connectivity index (χ1v) is 10.0. The van der Waals surface area contributed by atoms with Crippen molar-refractivity contribution in [3.8, 4) is 11.5 Å². The van der Waals surface area contributed by atoms with E-state index in [1.54, 1.807) is 30.3 Å². The van der Waals surface area contributed by atoms with Gasteiger partial charge in [0, 0.05) is 6.54 Å². The molecule has 0 aliphatic carbocycles. The first kappa shape index (κ1) is 22.7. The standard InChI is InChI=1S/C20H19F4N3O3S/c1-29-15-7-6-12(10-16(15)30-18(21)22)8-9-25-17(28)11-27-14-5-3-2-4-13(14)26-20(27)31-19(23)24/h2-7,10,18-19H,8-9,11H2,1H3,(H,25,28). The maximum atomic E-state index is 12.9. The van der Waals surface area contributed by atoms with Gasteiger partial charge in [-0.05, 0) is 48.0 Å². The average molecular weight is 457 g/mol. The van der Waals surface area contributed by atoms with Crippen LogP contribution in [0.5, 0.6) is 11.5 Å². The number of imidazole rings is 1. The summed E-state index contributed by atoms with van der Waals surface area (Å²) in [5, 5.41) is 2.75. The summed E-state index contributed by atoms with van der Waals surface area (Å²) in [6.07, 6.45) is 0.346. The summed E-state index contributed by atoms with van der Waals surface area (Å²) in [7, 11) is 1.34. The highest BCUT2D eigenvalue weighted by molar-refractivity contribution is 7.99. The zero-order valence-electron chi connectivity index (χ0n) is 16.4. The number of methoxy groups -OCH3 is 1. The normalized spacial score (nSPS) is 11.3.